The van der Waals surface area contributed by atoms with E-state index in [1.54, 1.807) is 0 Å². The lowest BCUT2D eigenvalue weighted by atomic mass is 10.1. The predicted octanol–water partition coefficient (Wildman–Crippen LogP) is 1.78. The minimum Gasteiger partial charge on any atom is -0.362 e. The average molecular weight is 266 g/mol. The lowest BCUT2D eigenvalue weighted by molar-refractivity contribution is 0.376. The molecule has 0 radical (unpaired) electrons. The second-order valence-corrected chi connectivity index (χ2v) is 5.93. The highest BCUT2D eigenvalue weighted by molar-refractivity contribution is 8.13. The molecule has 1 aliphatic carbocycles. The van der Waals surface area contributed by atoms with Crippen molar-refractivity contribution in [1.29, 1.82) is 0 Å². The molecule has 3 rings (SSSR count). The Morgan fingerprint density at radius 1 is 1.50 bits per heavy atom. The van der Waals surface area contributed by atoms with Crippen LogP contribution in [0, 0.1) is 12.8 Å². The Kier molecular flexibility index (Phi) is 3.54. The quantitative estimate of drug-likeness (QED) is 0.903. The SMILES string of the molecule is Cc1noc(CCN=C2NC3CCCC3CS2)n1. The molecule has 2 fully saturated rings. The summed E-state index contributed by atoms with van der Waals surface area (Å²) in [5, 5.41) is 8.42. The normalized spacial score (nSPS) is 29.3. The fraction of sp³-hybridized carbons (Fsp3) is 0.750. The smallest absolute Gasteiger partial charge is 0.228 e. The van der Waals surface area contributed by atoms with Crippen molar-refractivity contribution < 1.29 is 4.52 Å². The Hall–Kier alpha value is -1.04. The van der Waals surface area contributed by atoms with Gasteiger partial charge in [-0.25, -0.2) is 0 Å². The first-order chi connectivity index (χ1) is 8.81. The molecule has 1 saturated heterocycles. The lowest BCUT2D eigenvalue weighted by Crippen LogP contribution is -2.41. The third-order valence-electron chi connectivity index (χ3n) is 3.55. The Morgan fingerprint density at radius 2 is 2.44 bits per heavy atom. The maximum absolute atomic E-state index is 5.07. The lowest BCUT2D eigenvalue weighted by Gasteiger charge is -2.27. The molecule has 1 aromatic rings. The zero-order valence-corrected chi connectivity index (χ0v) is 11.4. The van der Waals surface area contributed by atoms with Crippen LogP contribution in [-0.4, -0.2) is 33.6 Å². The molecule has 2 unspecified atom stereocenters. The Bertz CT molecular complexity index is 445. The zero-order chi connectivity index (χ0) is 12.4. The van der Waals surface area contributed by atoms with Crippen molar-refractivity contribution >= 4 is 16.9 Å². The van der Waals surface area contributed by atoms with Crippen LogP contribution in [-0.2, 0) is 6.42 Å². The summed E-state index contributed by atoms with van der Waals surface area (Å²) in [6, 6.07) is 0.663. The molecular formula is C12H18N4OS. The summed E-state index contributed by atoms with van der Waals surface area (Å²) in [5.74, 6) is 3.44. The first-order valence-electron chi connectivity index (χ1n) is 6.54. The molecule has 6 heteroatoms. The van der Waals surface area contributed by atoms with Crippen molar-refractivity contribution in [2.75, 3.05) is 12.3 Å². The van der Waals surface area contributed by atoms with Gasteiger partial charge in [-0.05, 0) is 25.7 Å². The van der Waals surface area contributed by atoms with Crippen LogP contribution in [0.15, 0.2) is 9.52 Å². The number of nitrogens with zero attached hydrogens (tertiary/aromatic N) is 3. The third-order valence-corrected chi connectivity index (χ3v) is 4.67. The van der Waals surface area contributed by atoms with Gasteiger partial charge in [-0.1, -0.05) is 23.3 Å². The minimum absolute atomic E-state index is 0.663. The van der Waals surface area contributed by atoms with Crippen molar-refractivity contribution in [2.24, 2.45) is 10.9 Å². The molecule has 0 bridgehead atoms. The van der Waals surface area contributed by atoms with Crippen LogP contribution in [0.1, 0.15) is 31.0 Å². The third kappa shape index (κ3) is 2.68. The van der Waals surface area contributed by atoms with Gasteiger partial charge >= 0.3 is 0 Å². The van der Waals surface area contributed by atoms with Gasteiger partial charge in [-0.15, -0.1) is 0 Å². The van der Waals surface area contributed by atoms with Gasteiger partial charge in [0, 0.05) is 18.2 Å². The van der Waals surface area contributed by atoms with Crippen LogP contribution >= 0.6 is 11.8 Å². The number of hydrogen-bond acceptors (Lipinski definition) is 5. The van der Waals surface area contributed by atoms with Gasteiger partial charge in [-0.2, -0.15) is 4.98 Å². The topological polar surface area (TPSA) is 63.3 Å². The molecule has 1 aromatic heterocycles. The Labute approximate surface area is 111 Å². The summed E-state index contributed by atoms with van der Waals surface area (Å²) in [5.41, 5.74) is 0. The molecule has 2 aliphatic rings. The second-order valence-electron chi connectivity index (χ2n) is 4.93. The van der Waals surface area contributed by atoms with Crippen molar-refractivity contribution in [1.82, 2.24) is 15.5 Å². The molecular weight excluding hydrogens is 248 g/mol. The first-order valence-corrected chi connectivity index (χ1v) is 7.53. The number of fused-ring (bicyclic) bond motifs is 1. The summed E-state index contributed by atoms with van der Waals surface area (Å²) in [7, 11) is 0. The van der Waals surface area contributed by atoms with Crippen LogP contribution in [0.25, 0.3) is 0 Å². The van der Waals surface area contributed by atoms with Gasteiger partial charge in [0.1, 0.15) is 0 Å². The van der Waals surface area contributed by atoms with E-state index in [-0.39, 0.29) is 0 Å². The van der Waals surface area contributed by atoms with Crippen molar-refractivity contribution in [3.05, 3.63) is 11.7 Å². The minimum atomic E-state index is 0.663. The fourth-order valence-electron chi connectivity index (χ4n) is 2.60. The van der Waals surface area contributed by atoms with E-state index in [1.165, 1.54) is 25.0 Å². The molecule has 1 aliphatic heterocycles. The van der Waals surface area contributed by atoms with E-state index in [0.717, 1.165) is 17.5 Å². The van der Waals surface area contributed by atoms with Crippen LogP contribution in [0.2, 0.25) is 0 Å². The predicted molar refractivity (Wildman–Crippen MR) is 71.8 cm³/mol. The maximum Gasteiger partial charge on any atom is 0.228 e. The van der Waals surface area contributed by atoms with Gasteiger partial charge in [0.2, 0.25) is 5.89 Å². The van der Waals surface area contributed by atoms with E-state index in [1.807, 2.05) is 18.7 Å². The average Bonchev–Trinajstić information content (AvgIpc) is 2.97. The van der Waals surface area contributed by atoms with Crippen LogP contribution in [0.4, 0.5) is 0 Å². The molecule has 2 heterocycles. The number of aliphatic imine (C=N–C) groups is 1. The highest BCUT2D eigenvalue weighted by Crippen LogP contribution is 2.32. The Balaban J connectivity index is 1.50. The standard InChI is InChI=1S/C12H18N4OS/c1-8-14-11(17-16-8)5-6-13-12-15-10-4-2-3-9(10)7-18-12/h9-10H,2-7H2,1H3,(H,13,15). The van der Waals surface area contributed by atoms with Crippen LogP contribution in [0.5, 0.6) is 0 Å². The highest BCUT2D eigenvalue weighted by Gasteiger charge is 2.31. The van der Waals surface area contributed by atoms with E-state index in [0.29, 0.717) is 24.3 Å². The second kappa shape index (κ2) is 5.30. The summed E-state index contributed by atoms with van der Waals surface area (Å²) in [6.07, 6.45) is 4.75. The van der Waals surface area contributed by atoms with Gasteiger partial charge in [0.25, 0.3) is 0 Å². The van der Waals surface area contributed by atoms with Crippen molar-refractivity contribution in [3.8, 4) is 0 Å². The summed E-state index contributed by atoms with van der Waals surface area (Å²) in [4.78, 5) is 8.76. The number of aromatic nitrogens is 2. The molecule has 1 saturated carbocycles. The van der Waals surface area contributed by atoms with E-state index >= 15 is 0 Å². The molecule has 1 N–H and O–H groups in total. The van der Waals surface area contributed by atoms with Gasteiger partial charge in [-0.3, -0.25) is 4.99 Å². The molecule has 2 atom stereocenters. The molecule has 98 valence electrons. The molecule has 0 spiro atoms. The maximum atomic E-state index is 5.07. The van der Waals surface area contributed by atoms with Gasteiger partial charge in [0.15, 0.2) is 11.0 Å². The largest absolute Gasteiger partial charge is 0.362 e. The van der Waals surface area contributed by atoms with E-state index in [4.69, 9.17) is 4.52 Å². The molecule has 0 amide bonds. The number of hydrogen-bond donors (Lipinski definition) is 1. The summed E-state index contributed by atoms with van der Waals surface area (Å²) in [6.45, 7) is 2.55. The summed E-state index contributed by atoms with van der Waals surface area (Å²) >= 11 is 1.85. The zero-order valence-electron chi connectivity index (χ0n) is 10.6. The van der Waals surface area contributed by atoms with Crippen LogP contribution in [0.3, 0.4) is 0 Å². The van der Waals surface area contributed by atoms with Gasteiger partial charge < -0.3 is 9.84 Å². The highest BCUT2D eigenvalue weighted by atomic mass is 32.2. The van der Waals surface area contributed by atoms with E-state index in [9.17, 15) is 0 Å². The van der Waals surface area contributed by atoms with Crippen LogP contribution < -0.4 is 5.32 Å². The Morgan fingerprint density at radius 3 is 3.28 bits per heavy atom. The molecule has 18 heavy (non-hydrogen) atoms. The number of amidine groups is 1. The van der Waals surface area contributed by atoms with Crippen molar-refractivity contribution in [3.63, 3.8) is 0 Å². The van der Waals surface area contributed by atoms with E-state index in [2.05, 4.69) is 20.4 Å². The monoisotopic (exact) mass is 266 g/mol. The molecule has 0 aromatic carbocycles. The van der Waals surface area contributed by atoms with E-state index < -0.39 is 0 Å². The summed E-state index contributed by atoms with van der Waals surface area (Å²) < 4.78 is 5.07. The molecule has 5 nitrogen and oxygen atoms in total. The first kappa shape index (κ1) is 12.0. The number of rotatable bonds is 3. The fourth-order valence-corrected chi connectivity index (χ4v) is 3.79. The number of aryl methyl sites for hydroxylation is 1. The van der Waals surface area contributed by atoms with Crippen molar-refractivity contribution in [2.45, 2.75) is 38.6 Å². The number of thioether (sulfide) groups is 1. The number of nitrogens with one attached hydrogen (secondary N) is 1. The van der Waals surface area contributed by atoms with Gasteiger partial charge in [0.05, 0.1) is 6.54 Å².